The minimum absolute atomic E-state index is 0.728. The van der Waals surface area contributed by atoms with E-state index >= 15 is 0 Å². The number of aromatic amines is 1. The summed E-state index contributed by atoms with van der Waals surface area (Å²) < 4.78 is 2.45. The lowest BCUT2D eigenvalue weighted by Gasteiger charge is -2.14. The van der Waals surface area contributed by atoms with Crippen LogP contribution in [0, 0.1) is 0 Å². The fourth-order valence-electron chi connectivity index (χ4n) is 5.71. The highest BCUT2D eigenvalue weighted by Gasteiger charge is 2.21. The zero-order chi connectivity index (χ0) is 25.2. The van der Waals surface area contributed by atoms with Gasteiger partial charge in [0.05, 0.1) is 12.5 Å². The van der Waals surface area contributed by atoms with Crippen molar-refractivity contribution in [1.29, 1.82) is 0 Å². The molecule has 0 aliphatic heterocycles. The fourth-order valence-corrected chi connectivity index (χ4v) is 5.71. The molecule has 0 saturated carbocycles. The Labute approximate surface area is 221 Å². The number of unbranched alkanes of at least 4 members (excludes halogenated alkanes) is 21. The van der Waals surface area contributed by atoms with Gasteiger partial charge in [-0.3, -0.25) is 0 Å². The highest BCUT2D eigenvalue weighted by Crippen LogP contribution is 2.26. The molecule has 0 amide bonds. The molecule has 1 atom stereocenters. The summed E-state index contributed by atoms with van der Waals surface area (Å²) in [6, 6.07) is 0. The molecule has 1 aromatic heterocycles. The third-order valence-electron chi connectivity index (χ3n) is 8.08. The first-order valence-corrected chi connectivity index (χ1v) is 16.4. The zero-order valence-corrected chi connectivity index (χ0v) is 24.6. The Kier molecular flexibility index (Phi) is 22.9. The van der Waals surface area contributed by atoms with Crippen molar-refractivity contribution < 1.29 is 4.57 Å². The highest BCUT2D eigenvalue weighted by molar-refractivity contribution is 4.90. The van der Waals surface area contributed by atoms with E-state index in [2.05, 4.69) is 42.7 Å². The van der Waals surface area contributed by atoms with Gasteiger partial charge in [-0.25, -0.2) is 9.55 Å². The van der Waals surface area contributed by atoms with E-state index in [0.29, 0.717) is 0 Å². The van der Waals surface area contributed by atoms with Crippen LogP contribution in [0.15, 0.2) is 12.4 Å². The lowest BCUT2D eigenvalue weighted by atomic mass is 9.93. The van der Waals surface area contributed by atoms with E-state index in [-0.39, 0.29) is 0 Å². The molecule has 2 nitrogen and oxygen atoms in total. The number of aryl methyl sites for hydroxylation is 1. The maximum absolute atomic E-state index is 3.60. The molecule has 0 unspecified atom stereocenters. The van der Waals surface area contributed by atoms with Gasteiger partial charge in [-0.1, -0.05) is 162 Å². The van der Waals surface area contributed by atoms with Crippen molar-refractivity contribution in [3.63, 3.8) is 0 Å². The van der Waals surface area contributed by atoms with Crippen LogP contribution in [0.3, 0.4) is 0 Å². The largest absolute Gasteiger partial charge is 0.257 e. The summed E-state index contributed by atoms with van der Waals surface area (Å²) in [5.41, 5.74) is 0. The molecule has 0 saturated heterocycles. The van der Waals surface area contributed by atoms with Gasteiger partial charge in [-0.2, -0.15) is 0 Å². The van der Waals surface area contributed by atoms with E-state index in [9.17, 15) is 0 Å². The number of nitrogens with zero attached hydrogens (tertiary/aromatic N) is 1. The smallest absolute Gasteiger partial charge is 0.247 e. The van der Waals surface area contributed by atoms with Crippen LogP contribution in [-0.2, 0) is 6.54 Å². The molecule has 0 radical (unpaired) electrons. The van der Waals surface area contributed by atoms with Crippen LogP contribution in [-0.4, -0.2) is 4.98 Å². The summed E-state index contributed by atoms with van der Waals surface area (Å²) in [5.74, 6) is 2.22. The van der Waals surface area contributed by atoms with Crippen LogP contribution >= 0.6 is 0 Å². The van der Waals surface area contributed by atoms with Crippen molar-refractivity contribution in [3.05, 3.63) is 18.2 Å². The Morgan fingerprint density at radius 1 is 0.514 bits per heavy atom. The lowest BCUT2D eigenvalue weighted by Crippen LogP contribution is -2.36. The summed E-state index contributed by atoms with van der Waals surface area (Å²) in [7, 11) is 0. The van der Waals surface area contributed by atoms with E-state index in [1.54, 1.807) is 0 Å². The van der Waals surface area contributed by atoms with Gasteiger partial charge in [-0.05, 0) is 19.8 Å². The Morgan fingerprint density at radius 3 is 1.20 bits per heavy atom. The highest BCUT2D eigenvalue weighted by atomic mass is 15.1. The Morgan fingerprint density at radius 2 is 0.857 bits per heavy atom. The molecule has 1 N–H and O–H groups in total. The number of hydrogen-bond donors (Lipinski definition) is 1. The summed E-state index contributed by atoms with van der Waals surface area (Å²) in [4.78, 5) is 3.60. The molecular weight excluding hydrogens is 424 g/mol. The SMILES string of the molecule is CCCCCCCCCCCCCC[C@H](CCCCCCCCCCCCC)c1[nH]cc[n+]1CC. The average molecular weight is 490 g/mol. The maximum atomic E-state index is 3.60. The van der Waals surface area contributed by atoms with Crippen LogP contribution in [0.1, 0.15) is 193 Å². The van der Waals surface area contributed by atoms with E-state index in [1.807, 2.05) is 0 Å². The van der Waals surface area contributed by atoms with Crippen molar-refractivity contribution in [3.8, 4) is 0 Å². The molecule has 0 fully saturated rings. The second-order valence-corrected chi connectivity index (χ2v) is 11.3. The van der Waals surface area contributed by atoms with Gasteiger partial charge in [-0.15, -0.1) is 0 Å². The standard InChI is InChI=1S/C33H64N2/c1-4-7-9-11-13-15-17-19-21-23-25-27-29-32(33-34-30-31-35(33)6-3)28-26-24-22-20-18-16-14-12-10-8-5-2/h30-32H,4-29H2,1-3H3/p+1/t32-/m0/s1. The first-order chi connectivity index (χ1) is 17.3. The van der Waals surface area contributed by atoms with Gasteiger partial charge in [0.25, 0.3) is 5.82 Å². The Bertz CT molecular complexity index is 535. The Hall–Kier alpha value is -0.790. The fraction of sp³-hybridized carbons (Fsp3) is 0.909. The molecule has 0 bridgehead atoms. The molecule has 206 valence electrons. The van der Waals surface area contributed by atoms with Crippen molar-refractivity contribution in [1.82, 2.24) is 4.98 Å². The molecular formula is C33H65N2+. The summed E-state index contributed by atoms with van der Waals surface area (Å²) >= 11 is 0. The van der Waals surface area contributed by atoms with Gasteiger partial charge in [0.1, 0.15) is 12.4 Å². The lowest BCUT2D eigenvalue weighted by molar-refractivity contribution is -0.701. The number of rotatable bonds is 27. The summed E-state index contributed by atoms with van der Waals surface area (Å²) in [6.45, 7) is 7.98. The predicted octanol–water partition coefficient (Wildman–Crippen LogP) is 11.2. The molecule has 1 rings (SSSR count). The van der Waals surface area contributed by atoms with Crippen molar-refractivity contribution >= 4 is 0 Å². The maximum Gasteiger partial charge on any atom is 0.257 e. The zero-order valence-electron chi connectivity index (χ0n) is 24.6. The van der Waals surface area contributed by atoms with Gasteiger partial charge >= 0.3 is 0 Å². The average Bonchev–Trinajstić information content (AvgIpc) is 3.35. The second kappa shape index (κ2) is 24.9. The topological polar surface area (TPSA) is 19.7 Å². The van der Waals surface area contributed by atoms with Crippen LogP contribution in [0.25, 0.3) is 0 Å². The first kappa shape index (κ1) is 32.2. The minimum Gasteiger partial charge on any atom is -0.247 e. The number of nitrogens with one attached hydrogen (secondary N) is 1. The number of hydrogen-bond acceptors (Lipinski definition) is 0. The number of H-pyrrole nitrogens is 1. The molecule has 0 spiro atoms. The molecule has 0 aromatic carbocycles. The summed E-state index contributed by atoms with van der Waals surface area (Å²) in [6.07, 6.45) is 40.3. The minimum atomic E-state index is 0.728. The van der Waals surface area contributed by atoms with E-state index < -0.39 is 0 Å². The quantitative estimate of drug-likeness (QED) is 0.0936. The second-order valence-electron chi connectivity index (χ2n) is 11.3. The van der Waals surface area contributed by atoms with Crippen LogP contribution in [0.4, 0.5) is 0 Å². The molecule has 1 heterocycles. The van der Waals surface area contributed by atoms with Crippen molar-refractivity contribution in [2.75, 3.05) is 0 Å². The third-order valence-corrected chi connectivity index (χ3v) is 8.08. The first-order valence-electron chi connectivity index (χ1n) is 16.4. The molecule has 0 aliphatic carbocycles. The third kappa shape index (κ3) is 18.2. The normalized spacial score (nSPS) is 12.4. The number of imidazole rings is 1. The van der Waals surface area contributed by atoms with Gasteiger partial charge in [0.15, 0.2) is 0 Å². The van der Waals surface area contributed by atoms with Gasteiger partial charge < -0.3 is 0 Å². The van der Waals surface area contributed by atoms with Gasteiger partial charge in [0, 0.05) is 0 Å². The number of aromatic nitrogens is 2. The molecule has 2 heteroatoms. The Balaban J connectivity index is 2.12. The van der Waals surface area contributed by atoms with Crippen LogP contribution in [0.5, 0.6) is 0 Å². The van der Waals surface area contributed by atoms with E-state index in [1.165, 1.54) is 166 Å². The van der Waals surface area contributed by atoms with E-state index in [4.69, 9.17) is 0 Å². The van der Waals surface area contributed by atoms with Crippen LogP contribution < -0.4 is 4.57 Å². The molecule has 35 heavy (non-hydrogen) atoms. The van der Waals surface area contributed by atoms with Gasteiger partial charge in [0.2, 0.25) is 0 Å². The van der Waals surface area contributed by atoms with Crippen molar-refractivity contribution in [2.24, 2.45) is 0 Å². The summed E-state index contributed by atoms with van der Waals surface area (Å²) in [5, 5.41) is 0. The predicted molar refractivity (Wildman–Crippen MR) is 156 cm³/mol. The molecule has 0 aliphatic rings. The van der Waals surface area contributed by atoms with Crippen LogP contribution in [0.2, 0.25) is 0 Å². The van der Waals surface area contributed by atoms with Crippen molar-refractivity contribution in [2.45, 2.75) is 194 Å². The van der Waals surface area contributed by atoms with E-state index in [0.717, 1.165) is 12.5 Å². The monoisotopic (exact) mass is 490 g/mol. The molecule has 1 aromatic rings.